The highest BCUT2D eigenvalue weighted by molar-refractivity contribution is 8.01. The van der Waals surface area contributed by atoms with E-state index in [4.69, 9.17) is 25.8 Å². The predicted molar refractivity (Wildman–Crippen MR) is 180 cm³/mol. The number of carbonyl (C=O) groups is 5. The standard InChI is InChI=1S/C28H32N10O9S3/c1-11-7-14(38-25(31-11)34-18(35-38)17(29)39)48-8-12-9-49-22-16(20(41)37(22)21(12)45-26(43)44)33-19(40)15(13-10-50-24(30)32-13)36-47-28(5,6)23(42)46-27(2,3)4/h7,10,16,22H,8-9H2,1-6H3,(H2,29,39)(H2,30,32)(H,33,40)(H,43,44)/b36-15-/t16-,22-/m1/s1. The van der Waals surface area contributed by atoms with Crippen LogP contribution in [0.2, 0.25) is 0 Å². The topological polar surface area (TPSA) is 269 Å². The number of anilines is 1. The molecular formula is C28H32N10O9S3. The van der Waals surface area contributed by atoms with Crippen LogP contribution in [0.15, 0.2) is 33.1 Å². The number of aromatic nitrogens is 5. The van der Waals surface area contributed by atoms with Crippen molar-refractivity contribution in [3.8, 4) is 0 Å². The first-order chi connectivity index (χ1) is 23.3. The second kappa shape index (κ2) is 13.7. The smallest absolute Gasteiger partial charge is 0.457 e. The SMILES string of the molecule is Cc1cc(SCC2=C(OC(=O)O)N3C(=O)[C@@H](NC(=O)/C(=N\OC(C)(C)C(=O)OC(C)(C)C)c4csc(N)n4)[C@H]3SC2)n2nc(C(N)=O)nc2n1. The highest BCUT2D eigenvalue weighted by Gasteiger charge is 2.54. The van der Waals surface area contributed by atoms with Gasteiger partial charge in [-0.15, -0.1) is 40.0 Å². The molecule has 2 aliphatic rings. The molecule has 19 nitrogen and oxygen atoms in total. The van der Waals surface area contributed by atoms with E-state index in [0.29, 0.717) is 16.3 Å². The lowest BCUT2D eigenvalue weighted by molar-refractivity contribution is -0.179. The van der Waals surface area contributed by atoms with Crippen molar-refractivity contribution in [2.45, 2.75) is 69.2 Å². The monoisotopic (exact) mass is 748 g/mol. The first-order valence-electron chi connectivity index (χ1n) is 14.6. The van der Waals surface area contributed by atoms with Crippen LogP contribution in [0.1, 0.15) is 56.6 Å². The van der Waals surface area contributed by atoms with E-state index in [1.165, 1.54) is 47.3 Å². The van der Waals surface area contributed by atoms with Crippen molar-refractivity contribution in [2.75, 3.05) is 17.2 Å². The summed E-state index contributed by atoms with van der Waals surface area (Å²) in [4.78, 5) is 82.1. The molecule has 0 radical (unpaired) electrons. The number of esters is 1. The molecule has 0 bridgehead atoms. The number of primary amides is 1. The average Bonchev–Trinajstić information content (AvgIpc) is 3.64. The number of nitrogens with one attached hydrogen (secondary N) is 1. The lowest BCUT2D eigenvalue weighted by Crippen LogP contribution is -2.70. The van der Waals surface area contributed by atoms with Crippen LogP contribution < -0.4 is 16.8 Å². The van der Waals surface area contributed by atoms with E-state index in [1.54, 1.807) is 33.8 Å². The molecule has 3 aromatic heterocycles. The summed E-state index contributed by atoms with van der Waals surface area (Å²) in [7, 11) is 0. The largest absolute Gasteiger partial charge is 0.512 e. The maximum Gasteiger partial charge on any atom is 0.512 e. The number of oxime groups is 1. The molecule has 5 rings (SSSR count). The van der Waals surface area contributed by atoms with E-state index in [2.05, 4.69) is 30.5 Å². The van der Waals surface area contributed by atoms with Gasteiger partial charge in [0.25, 0.3) is 23.5 Å². The van der Waals surface area contributed by atoms with Gasteiger partial charge in [0.05, 0.1) is 0 Å². The average molecular weight is 749 g/mol. The number of thioether (sulfide) groups is 2. The van der Waals surface area contributed by atoms with E-state index < -0.39 is 52.5 Å². The van der Waals surface area contributed by atoms with Crippen molar-refractivity contribution in [1.82, 2.24) is 34.8 Å². The molecule has 0 spiro atoms. The number of β-lactam (4-membered cyclic amide) rings is 1. The molecule has 1 fully saturated rings. The molecule has 266 valence electrons. The number of carboxylic acid groups (broad SMARTS) is 1. The maximum atomic E-state index is 13.6. The zero-order valence-corrected chi connectivity index (χ0v) is 29.9. The van der Waals surface area contributed by atoms with Crippen molar-refractivity contribution in [1.29, 1.82) is 0 Å². The number of hydrogen-bond acceptors (Lipinski definition) is 17. The number of rotatable bonds is 11. The molecule has 6 N–H and O–H groups in total. The highest BCUT2D eigenvalue weighted by atomic mass is 32.2. The van der Waals surface area contributed by atoms with Gasteiger partial charge in [0.2, 0.25) is 17.3 Å². The third kappa shape index (κ3) is 7.75. The number of nitrogens with two attached hydrogens (primary N) is 2. The number of aryl methyl sites for hydroxylation is 1. The van der Waals surface area contributed by atoms with Crippen LogP contribution in [0.5, 0.6) is 0 Å². The lowest BCUT2D eigenvalue weighted by Gasteiger charge is -2.49. The Labute approximate surface area is 296 Å². The third-order valence-corrected chi connectivity index (χ3v) is 9.81. The second-order valence-corrected chi connectivity index (χ2v) is 15.3. The van der Waals surface area contributed by atoms with E-state index in [9.17, 15) is 29.1 Å². The molecule has 22 heteroatoms. The third-order valence-electron chi connectivity index (χ3n) is 6.72. The zero-order valence-electron chi connectivity index (χ0n) is 27.4. The normalized spacial score (nSPS) is 18.0. The summed E-state index contributed by atoms with van der Waals surface area (Å²) in [6.07, 6.45) is -1.64. The Bertz CT molecular complexity index is 1970. The van der Waals surface area contributed by atoms with Crippen LogP contribution in [0, 0.1) is 6.92 Å². The number of amides is 3. The van der Waals surface area contributed by atoms with Gasteiger partial charge in [-0.25, -0.2) is 19.6 Å². The Kier molecular flexibility index (Phi) is 9.99. The quantitative estimate of drug-likeness (QED) is 0.0540. The fourth-order valence-corrected chi connectivity index (χ4v) is 7.49. The Morgan fingerprint density at radius 3 is 2.52 bits per heavy atom. The Balaban J connectivity index is 1.35. The number of thiazole rings is 1. The number of nitrogens with zero attached hydrogens (tertiary/aromatic N) is 7. The second-order valence-electron chi connectivity index (χ2n) is 12.3. The van der Waals surface area contributed by atoms with Gasteiger partial charge in [0, 0.05) is 28.2 Å². The van der Waals surface area contributed by atoms with Crippen LogP contribution in [-0.4, -0.2) is 104 Å². The van der Waals surface area contributed by atoms with E-state index in [1.807, 2.05) is 0 Å². The number of hydrogen-bond donors (Lipinski definition) is 4. The molecule has 0 saturated carbocycles. The molecule has 5 heterocycles. The molecule has 50 heavy (non-hydrogen) atoms. The Morgan fingerprint density at radius 2 is 1.90 bits per heavy atom. The molecule has 3 aromatic rings. The van der Waals surface area contributed by atoms with Gasteiger partial charge in [0.1, 0.15) is 27.7 Å². The van der Waals surface area contributed by atoms with Gasteiger partial charge in [0.15, 0.2) is 10.8 Å². The van der Waals surface area contributed by atoms with E-state index in [0.717, 1.165) is 16.2 Å². The molecule has 3 amide bonds. The summed E-state index contributed by atoms with van der Waals surface area (Å²) in [5.41, 5.74) is 9.41. The van der Waals surface area contributed by atoms with Crippen LogP contribution in [0.4, 0.5) is 9.93 Å². The Morgan fingerprint density at radius 1 is 1.18 bits per heavy atom. The van der Waals surface area contributed by atoms with Crippen molar-refractivity contribution in [3.63, 3.8) is 0 Å². The molecular weight excluding hydrogens is 717 g/mol. The van der Waals surface area contributed by atoms with Crippen molar-refractivity contribution in [3.05, 3.63) is 40.1 Å². The molecule has 0 aromatic carbocycles. The summed E-state index contributed by atoms with van der Waals surface area (Å²) in [5, 5.41) is 21.5. The van der Waals surface area contributed by atoms with Crippen molar-refractivity contribution < 1.29 is 43.4 Å². The number of ether oxygens (including phenoxy) is 2. The summed E-state index contributed by atoms with van der Waals surface area (Å²) in [6, 6.07) is 0.584. The van der Waals surface area contributed by atoms with Crippen molar-refractivity contribution >= 4 is 81.3 Å². The van der Waals surface area contributed by atoms with E-state index in [-0.39, 0.29) is 45.5 Å². The van der Waals surface area contributed by atoms with Crippen LogP contribution >= 0.6 is 34.9 Å². The highest BCUT2D eigenvalue weighted by Crippen LogP contribution is 2.42. The lowest BCUT2D eigenvalue weighted by atomic mass is 10.1. The zero-order chi connectivity index (χ0) is 36.7. The van der Waals surface area contributed by atoms with Gasteiger partial charge in [-0.05, 0) is 47.6 Å². The molecule has 2 aliphatic heterocycles. The van der Waals surface area contributed by atoms with Crippen LogP contribution in [-0.2, 0) is 28.7 Å². The maximum absolute atomic E-state index is 13.6. The fourth-order valence-electron chi connectivity index (χ4n) is 4.44. The van der Waals surface area contributed by atoms with Gasteiger partial charge < -0.3 is 36.2 Å². The van der Waals surface area contributed by atoms with Crippen LogP contribution in [0.3, 0.4) is 0 Å². The van der Waals surface area contributed by atoms with Gasteiger partial charge in [-0.1, -0.05) is 5.16 Å². The Hall–Kier alpha value is -4.96. The number of fused-ring (bicyclic) bond motifs is 2. The summed E-state index contributed by atoms with van der Waals surface area (Å²) >= 11 is 3.52. The van der Waals surface area contributed by atoms with E-state index >= 15 is 0 Å². The minimum Gasteiger partial charge on any atom is -0.457 e. The van der Waals surface area contributed by atoms with Gasteiger partial charge in [-0.2, -0.15) is 9.50 Å². The summed E-state index contributed by atoms with van der Waals surface area (Å²) in [6.45, 7) is 9.61. The first-order valence-corrected chi connectivity index (χ1v) is 17.5. The summed E-state index contributed by atoms with van der Waals surface area (Å²) in [5.74, 6) is -2.96. The minimum atomic E-state index is -1.64. The number of nitrogen functional groups attached to an aromatic ring is 1. The van der Waals surface area contributed by atoms with Gasteiger partial charge in [-0.3, -0.25) is 19.3 Å². The minimum absolute atomic E-state index is 0.0369. The molecule has 0 aliphatic carbocycles. The van der Waals surface area contributed by atoms with Crippen molar-refractivity contribution in [2.24, 2.45) is 10.9 Å². The predicted octanol–water partition coefficient (Wildman–Crippen LogP) is 1.51. The fraction of sp³-hybridized carbons (Fsp3) is 0.429. The molecule has 2 atom stereocenters. The summed E-state index contributed by atoms with van der Waals surface area (Å²) < 4.78 is 11.8. The molecule has 1 saturated heterocycles. The number of carbonyl (C=O) groups excluding carboxylic acids is 4. The van der Waals surface area contributed by atoms with Gasteiger partial charge >= 0.3 is 12.1 Å². The molecule has 0 unspecified atom stereocenters. The first kappa shape index (κ1) is 36.3. The van der Waals surface area contributed by atoms with Crippen LogP contribution in [0.25, 0.3) is 5.78 Å².